The predicted octanol–water partition coefficient (Wildman–Crippen LogP) is 2.97. The maximum absolute atomic E-state index is 12.4. The second-order valence-electron chi connectivity index (χ2n) is 8.54. The molecule has 1 saturated carbocycles. The van der Waals surface area contributed by atoms with Crippen LogP contribution in [0, 0.1) is 11.8 Å². The molecule has 0 aromatic heterocycles. The Hall–Kier alpha value is -2.08. The van der Waals surface area contributed by atoms with Crippen molar-refractivity contribution < 1.29 is 19.4 Å². The lowest BCUT2D eigenvalue weighted by Crippen LogP contribution is -2.46. The van der Waals surface area contributed by atoms with Crippen LogP contribution in [0.3, 0.4) is 0 Å². The fourth-order valence-electron chi connectivity index (χ4n) is 4.37. The molecular weight excluding hydrogens is 356 g/mol. The number of carboxylic acids is 1. The van der Waals surface area contributed by atoms with Crippen LogP contribution in [0.2, 0.25) is 0 Å². The van der Waals surface area contributed by atoms with Crippen molar-refractivity contribution in [2.45, 2.75) is 71.1 Å². The van der Waals surface area contributed by atoms with Gasteiger partial charge in [-0.05, 0) is 67.2 Å². The number of fused-ring (bicyclic) bond motifs is 1. The molecule has 28 heavy (non-hydrogen) atoms. The number of hydrogen-bond donors (Lipinski definition) is 2. The first-order valence-corrected chi connectivity index (χ1v) is 10.4. The molecule has 2 aliphatic rings. The Morgan fingerprint density at radius 2 is 1.93 bits per heavy atom. The molecule has 154 valence electrons. The molecule has 1 atom stereocenters. The van der Waals surface area contributed by atoms with Gasteiger partial charge in [0.25, 0.3) is 0 Å². The topological polar surface area (TPSA) is 92.9 Å². The molecule has 0 bridgehead atoms. The Morgan fingerprint density at radius 3 is 2.57 bits per heavy atom. The first-order chi connectivity index (χ1) is 13.3. The van der Waals surface area contributed by atoms with Crippen LogP contribution in [0.4, 0.5) is 0 Å². The third-order valence-corrected chi connectivity index (χ3v) is 6.18. The van der Waals surface area contributed by atoms with E-state index in [1.807, 2.05) is 12.1 Å². The predicted molar refractivity (Wildman–Crippen MR) is 107 cm³/mol. The highest BCUT2D eigenvalue weighted by Crippen LogP contribution is 2.33. The van der Waals surface area contributed by atoms with Crippen molar-refractivity contribution in [2.75, 3.05) is 6.54 Å². The zero-order chi connectivity index (χ0) is 20.3. The normalized spacial score (nSPS) is 23.2. The van der Waals surface area contributed by atoms with E-state index in [9.17, 15) is 9.59 Å². The number of hydrogen-bond acceptors (Lipinski definition) is 4. The van der Waals surface area contributed by atoms with Gasteiger partial charge in [0.2, 0.25) is 5.91 Å². The van der Waals surface area contributed by atoms with Crippen molar-refractivity contribution in [3.05, 3.63) is 29.3 Å². The van der Waals surface area contributed by atoms with Crippen LogP contribution >= 0.6 is 0 Å². The van der Waals surface area contributed by atoms with Gasteiger partial charge in [-0.25, -0.2) is 0 Å². The highest BCUT2D eigenvalue weighted by atomic mass is 16.5. The quantitative estimate of drug-likeness (QED) is 0.781. The molecule has 1 unspecified atom stereocenters. The van der Waals surface area contributed by atoms with Gasteiger partial charge < -0.3 is 20.5 Å². The largest absolute Gasteiger partial charge is 0.490 e. The van der Waals surface area contributed by atoms with Crippen LogP contribution in [-0.4, -0.2) is 40.6 Å². The molecule has 3 N–H and O–H groups in total. The van der Waals surface area contributed by atoms with Gasteiger partial charge in [-0.2, -0.15) is 0 Å². The summed E-state index contributed by atoms with van der Waals surface area (Å²) in [4.78, 5) is 24.8. The fourth-order valence-corrected chi connectivity index (χ4v) is 4.37. The molecule has 6 heteroatoms. The third-order valence-electron chi connectivity index (χ3n) is 6.18. The Balaban J connectivity index is 1.57. The summed E-state index contributed by atoms with van der Waals surface area (Å²) in [6.45, 7) is 5.64. The Kier molecular flexibility index (Phi) is 6.60. The highest BCUT2D eigenvalue weighted by molar-refractivity contribution is 5.86. The summed E-state index contributed by atoms with van der Waals surface area (Å²) in [7, 11) is 0. The van der Waals surface area contributed by atoms with E-state index in [4.69, 9.17) is 15.6 Å². The molecule has 6 nitrogen and oxygen atoms in total. The van der Waals surface area contributed by atoms with Crippen LogP contribution in [0.5, 0.6) is 5.75 Å². The summed E-state index contributed by atoms with van der Waals surface area (Å²) < 4.78 is 6.24. The number of rotatable bonds is 6. The first-order valence-electron chi connectivity index (χ1n) is 10.4. The molecular formula is C22H32N2O4. The molecule has 3 rings (SSSR count). The monoisotopic (exact) mass is 388 g/mol. The summed E-state index contributed by atoms with van der Waals surface area (Å²) in [6.07, 6.45) is 5.39. The third kappa shape index (κ3) is 5.04. The molecule has 1 aliphatic carbocycles. The van der Waals surface area contributed by atoms with Gasteiger partial charge in [0, 0.05) is 13.1 Å². The second kappa shape index (κ2) is 8.95. The number of ether oxygens (including phenoxy) is 1. The van der Waals surface area contributed by atoms with Gasteiger partial charge >= 0.3 is 5.97 Å². The van der Waals surface area contributed by atoms with Crippen molar-refractivity contribution in [3.63, 3.8) is 0 Å². The summed E-state index contributed by atoms with van der Waals surface area (Å²) >= 11 is 0. The van der Waals surface area contributed by atoms with E-state index in [1.54, 1.807) is 4.90 Å². The minimum absolute atomic E-state index is 0.295. The average Bonchev–Trinajstić information content (AvgIpc) is 2.67. The van der Waals surface area contributed by atoms with Crippen molar-refractivity contribution in [3.8, 4) is 5.75 Å². The molecule has 1 aliphatic heterocycles. The van der Waals surface area contributed by atoms with Crippen LogP contribution in [0.15, 0.2) is 18.2 Å². The summed E-state index contributed by atoms with van der Waals surface area (Å²) in [5.41, 5.74) is 8.01. The molecule has 1 fully saturated rings. The van der Waals surface area contributed by atoms with E-state index in [2.05, 4.69) is 19.9 Å². The lowest BCUT2D eigenvalue weighted by molar-refractivity contribution is -0.142. The van der Waals surface area contributed by atoms with Crippen molar-refractivity contribution in [2.24, 2.45) is 17.6 Å². The van der Waals surface area contributed by atoms with Gasteiger partial charge in [0.05, 0.1) is 18.6 Å². The van der Waals surface area contributed by atoms with Crippen LogP contribution in [-0.2, 0) is 22.6 Å². The molecule has 0 radical (unpaired) electrons. The molecule has 0 spiro atoms. The number of amides is 1. The van der Waals surface area contributed by atoms with E-state index in [-0.39, 0.29) is 12.3 Å². The maximum atomic E-state index is 12.4. The van der Waals surface area contributed by atoms with Gasteiger partial charge in [-0.1, -0.05) is 19.9 Å². The maximum Gasteiger partial charge on any atom is 0.305 e. The summed E-state index contributed by atoms with van der Waals surface area (Å²) in [5, 5.41) is 8.83. The van der Waals surface area contributed by atoms with Gasteiger partial charge in [-0.3, -0.25) is 9.59 Å². The van der Waals surface area contributed by atoms with E-state index in [1.165, 1.54) is 18.4 Å². The van der Waals surface area contributed by atoms with Crippen molar-refractivity contribution >= 4 is 11.9 Å². The summed E-state index contributed by atoms with van der Waals surface area (Å²) in [6, 6.07) is 5.12. The average molecular weight is 389 g/mol. The zero-order valence-corrected chi connectivity index (χ0v) is 16.9. The Labute approximate surface area is 167 Å². The van der Waals surface area contributed by atoms with Crippen LogP contribution in [0.1, 0.15) is 57.1 Å². The number of nitrogens with zero attached hydrogens (tertiary/aromatic N) is 1. The van der Waals surface area contributed by atoms with Crippen molar-refractivity contribution in [1.82, 2.24) is 4.90 Å². The fraction of sp³-hybridized carbons (Fsp3) is 0.636. The Bertz CT molecular complexity index is 710. The van der Waals surface area contributed by atoms with Crippen molar-refractivity contribution in [1.29, 1.82) is 0 Å². The number of nitrogens with two attached hydrogens (primary N) is 1. The number of benzene rings is 1. The number of aliphatic carboxylic acids is 1. The van der Waals surface area contributed by atoms with Gasteiger partial charge in [0.1, 0.15) is 5.75 Å². The lowest BCUT2D eigenvalue weighted by atomic mass is 9.80. The minimum atomic E-state index is -1.05. The van der Waals surface area contributed by atoms with Crippen LogP contribution < -0.4 is 10.5 Å². The van der Waals surface area contributed by atoms with E-state index in [0.717, 1.165) is 42.4 Å². The zero-order valence-electron chi connectivity index (χ0n) is 16.9. The molecule has 1 heterocycles. The van der Waals surface area contributed by atoms with Crippen LogP contribution in [0.25, 0.3) is 0 Å². The lowest BCUT2D eigenvalue weighted by Gasteiger charge is -2.32. The smallest absolute Gasteiger partial charge is 0.305 e. The van der Waals surface area contributed by atoms with E-state index >= 15 is 0 Å². The summed E-state index contributed by atoms with van der Waals surface area (Å²) in [5.74, 6) is 1.13. The van der Waals surface area contributed by atoms with Gasteiger partial charge in [0.15, 0.2) is 0 Å². The Morgan fingerprint density at radius 1 is 1.21 bits per heavy atom. The second-order valence-corrected chi connectivity index (χ2v) is 8.54. The SMILES string of the molecule is CC(C)[C@H]1CC[C@H](Oc2ccc3c(c2)CCN(C(=O)C(N)CC(=O)O)C3)CC1. The molecule has 1 aromatic rings. The number of carboxylic acid groups (broad SMARTS) is 1. The molecule has 1 aromatic carbocycles. The highest BCUT2D eigenvalue weighted by Gasteiger charge is 2.27. The molecule has 1 amide bonds. The standard InChI is InChI=1S/C22H32N2O4/c1-14(2)15-3-6-18(7-4-15)28-19-8-5-17-13-24(10-9-16(17)11-19)22(27)20(23)12-21(25)26/h5,8,11,14-15,18,20H,3-4,6-7,9-10,12-13,23H2,1-2H3,(H,25,26)/t15-,18-,20?. The number of carbonyl (C=O) groups excluding carboxylic acids is 1. The molecule has 0 saturated heterocycles. The first kappa shape index (κ1) is 20.6. The van der Waals surface area contributed by atoms with E-state index in [0.29, 0.717) is 19.2 Å². The number of carbonyl (C=O) groups is 2. The minimum Gasteiger partial charge on any atom is -0.490 e. The van der Waals surface area contributed by atoms with Gasteiger partial charge in [-0.15, -0.1) is 0 Å². The van der Waals surface area contributed by atoms with E-state index < -0.39 is 12.0 Å².